The van der Waals surface area contributed by atoms with Gasteiger partial charge in [0.05, 0.1) is 42.0 Å². The van der Waals surface area contributed by atoms with Crippen molar-refractivity contribution < 1.29 is 23.1 Å². The zero-order valence-electron chi connectivity index (χ0n) is 9.61. The number of hydrogen-bond donors (Lipinski definition) is 1. The van der Waals surface area contributed by atoms with Crippen LogP contribution in [0.3, 0.4) is 0 Å². The van der Waals surface area contributed by atoms with Gasteiger partial charge >= 0.3 is 6.18 Å². The maximum atomic E-state index is 12.9. The third-order valence-electron chi connectivity index (χ3n) is 2.83. The molecule has 1 unspecified atom stereocenters. The van der Waals surface area contributed by atoms with Crippen LogP contribution >= 0.6 is 0 Å². The number of anilines is 1. The second-order valence-electron chi connectivity index (χ2n) is 4.20. The Morgan fingerprint density at radius 3 is 2.58 bits per heavy atom. The maximum absolute atomic E-state index is 12.9. The number of nitriles is 1. The van der Waals surface area contributed by atoms with Crippen molar-refractivity contribution in [2.24, 2.45) is 0 Å². The lowest BCUT2D eigenvalue weighted by molar-refractivity contribution is -0.137. The summed E-state index contributed by atoms with van der Waals surface area (Å²) < 4.78 is 38.8. The minimum absolute atomic E-state index is 0.136. The molecule has 0 aliphatic carbocycles. The van der Waals surface area contributed by atoms with Gasteiger partial charge in [-0.2, -0.15) is 18.4 Å². The molecule has 1 N–H and O–H groups in total. The normalized spacial score (nSPS) is 19.6. The summed E-state index contributed by atoms with van der Waals surface area (Å²) in [6.07, 6.45) is -5.84. The van der Waals surface area contributed by atoms with Gasteiger partial charge in [-0.25, -0.2) is 0 Å². The smallest absolute Gasteiger partial charge is 0.391 e. The zero-order chi connectivity index (χ0) is 14.2. The molecule has 4 nitrogen and oxygen atoms in total. The number of aliphatic hydroxyl groups is 1. The molecule has 2 rings (SSSR count). The van der Waals surface area contributed by atoms with Gasteiger partial charge in [-0.3, -0.25) is 4.79 Å². The standard InChI is InChI=1S/C12H9F3N2O2/c13-12(14,15)9-3-7(5-16)1-2-10(9)17-6-8(18)4-11(17)19/h1-3,8,18H,4,6H2. The number of aliphatic hydroxyl groups excluding tert-OH is 1. The number of benzene rings is 1. The van der Waals surface area contributed by atoms with Gasteiger partial charge in [0.25, 0.3) is 0 Å². The predicted octanol–water partition coefficient (Wildman–Crippen LogP) is 1.67. The van der Waals surface area contributed by atoms with Gasteiger partial charge in [-0.05, 0) is 18.2 Å². The van der Waals surface area contributed by atoms with Crippen LogP contribution < -0.4 is 4.90 Å². The van der Waals surface area contributed by atoms with Crippen LogP contribution in [0.15, 0.2) is 18.2 Å². The summed E-state index contributed by atoms with van der Waals surface area (Å²) in [6.45, 7) is -0.173. The van der Waals surface area contributed by atoms with Crippen LogP contribution in [-0.2, 0) is 11.0 Å². The molecule has 0 radical (unpaired) electrons. The van der Waals surface area contributed by atoms with E-state index in [4.69, 9.17) is 5.26 Å². The monoisotopic (exact) mass is 270 g/mol. The first-order chi connectivity index (χ1) is 8.82. The molecule has 0 saturated carbocycles. The molecule has 1 amide bonds. The highest BCUT2D eigenvalue weighted by Gasteiger charge is 2.39. The van der Waals surface area contributed by atoms with Gasteiger partial charge in [0.2, 0.25) is 5.91 Å². The van der Waals surface area contributed by atoms with Crippen molar-refractivity contribution in [2.45, 2.75) is 18.7 Å². The molecule has 1 saturated heterocycles. The van der Waals surface area contributed by atoms with Crippen LogP contribution in [0.1, 0.15) is 17.5 Å². The van der Waals surface area contributed by atoms with E-state index >= 15 is 0 Å². The lowest BCUT2D eigenvalue weighted by atomic mass is 10.1. The van der Waals surface area contributed by atoms with E-state index in [1.807, 2.05) is 0 Å². The fraction of sp³-hybridized carbons (Fsp3) is 0.333. The molecule has 0 bridgehead atoms. The van der Waals surface area contributed by atoms with Gasteiger partial charge in [-0.15, -0.1) is 0 Å². The van der Waals surface area contributed by atoms with Crippen molar-refractivity contribution in [3.63, 3.8) is 0 Å². The second-order valence-corrected chi connectivity index (χ2v) is 4.20. The number of nitrogens with zero attached hydrogens (tertiary/aromatic N) is 2. The summed E-state index contributed by atoms with van der Waals surface area (Å²) in [6, 6.07) is 4.62. The van der Waals surface area contributed by atoms with Crippen molar-refractivity contribution >= 4 is 11.6 Å². The Kier molecular flexibility index (Phi) is 3.20. The molecular formula is C12H9F3N2O2. The van der Waals surface area contributed by atoms with Crippen LogP contribution in [0.2, 0.25) is 0 Å². The molecule has 0 aromatic heterocycles. The summed E-state index contributed by atoms with van der Waals surface area (Å²) in [5.41, 5.74) is -1.51. The summed E-state index contributed by atoms with van der Waals surface area (Å²) in [7, 11) is 0. The van der Waals surface area contributed by atoms with Crippen LogP contribution in [0.4, 0.5) is 18.9 Å². The molecule has 1 aliphatic rings. The Balaban J connectivity index is 2.52. The minimum atomic E-state index is -4.67. The largest absolute Gasteiger partial charge is 0.418 e. The highest BCUT2D eigenvalue weighted by atomic mass is 19.4. The van der Waals surface area contributed by atoms with Crippen molar-refractivity contribution in [3.05, 3.63) is 29.3 Å². The number of amides is 1. The van der Waals surface area contributed by atoms with E-state index in [1.165, 1.54) is 6.07 Å². The summed E-state index contributed by atoms with van der Waals surface area (Å²) in [5, 5.41) is 18.0. The molecule has 1 aliphatic heterocycles. The van der Waals surface area contributed by atoms with E-state index in [0.717, 1.165) is 11.0 Å². The minimum Gasteiger partial charge on any atom is -0.391 e. The summed E-state index contributed by atoms with van der Waals surface area (Å²) >= 11 is 0. The van der Waals surface area contributed by atoms with E-state index in [0.29, 0.717) is 6.07 Å². The molecule has 19 heavy (non-hydrogen) atoms. The van der Waals surface area contributed by atoms with E-state index in [-0.39, 0.29) is 24.2 Å². The van der Waals surface area contributed by atoms with Crippen LogP contribution in [-0.4, -0.2) is 23.7 Å². The van der Waals surface area contributed by atoms with Crippen LogP contribution in [0, 0.1) is 11.3 Å². The summed E-state index contributed by atoms with van der Waals surface area (Å²) in [5.74, 6) is -0.567. The average Bonchev–Trinajstić information content (AvgIpc) is 2.66. The number of carbonyl (C=O) groups excluding carboxylic acids is 1. The highest BCUT2D eigenvalue weighted by molar-refractivity contribution is 5.97. The number of alkyl halides is 3. The Labute approximate surface area is 106 Å². The van der Waals surface area contributed by atoms with Gasteiger partial charge in [0.15, 0.2) is 0 Å². The zero-order valence-corrected chi connectivity index (χ0v) is 9.61. The summed E-state index contributed by atoms with van der Waals surface area (Å²) in [4.78, 5) is 12.4. The quantitative estimate of drug-likeness (QED) is 0.844. The number of halogens is 3. The molecule has 0 spiro atoms. The number of rotatable bonds is 1. The van der Waals surface area contributed by atoms with Gasteiger partial charge in [-0.1, -0.05) is 0 Å². The van der Waals surface area contributed by atoms with Crippen molar-refractivity contribution in [1.29, 1.82) is 5.26 Å². The molecule has 100 valence electrons. The van der Waals surface area contributed by atoms with Crippen LogP contribution in [0.25, 0.3) is 0 Å². The Bertz CT molecular complexity index is 563. The first-order valence-electron chi connectivity index (χ1n) is 5.42. The Morgan fingerprint density at radius 1 is 1.42 bits per heavy atom. The second kappa shape index (κ2) is 4.55. The lowest BCUT2D eigenvalue weighted by Crippen LogP contribution is -2.28. The van der Waals surface area contributed by atoms with Crippen molar-refractivity contribution in [2.75, 3.05) is 11.4 Å². The lowest BCUT2D eigenvalue weighted by Gasteiger charge is -2.21. The average molecular weight is 270 g/mol. The first kappa shape index (κ1) is 13.4. The Hall–Kier alpha value is -2.07. The fourth-order valence-corrected chi connectivity index (χ4v) is 1.99. The topological polar surface area (TPSA) is 64.3 Å². The van der Waals surface area contributed by atoms with E-state index in [1.54, 1.807) is 6.07 Å². The fourth-order valence-electron chi connectivity index (χ4n) is 1.99. The molecule has 1 heterocycles. The third kappa shape index (κ3) is 2.53. The van der Waals surface area contributed by atoms with Crippen molar-refractivity contribution in [3.8, 4) is 6.07 Å². The molecule has 1 atom stereocenters. The molecule has 1 aromatic rings. The number of β-amino-alcohol motifs (C(OH)–C–C–N with tert-alkyl or cyclic N) is 1. The predicted molar refractivity (Wildman–Crippen MR) is 59.1 cm³/mol. The molecule has 1 fully saturated rings. The van der Waals surface area contributed by atoms with Crippen molar-refractivity contribution in [1.82, 2.24) is 0 Å². The number of carbonyl (C=O) groups is 1. The first-order valence-corrected chi connectivity index (χ1v) is 5.42. The maximum Gasteiger partial charge on any atom is 0.418 e. The molecular weight excluding hydrogens is 261 g/mol. The van der Waals surface area contributed by atoms with Crippen LogP contribution in [0.5, 0.6) is 0 Å². The molecule has 7 heteroatoms. The molecule has 1 aromatic carbocycles. The highest BCUT2D eigenvalue weighted by Crippen LogP contribution is 2.38. The van der Waals surface area contributed by atoms with E-state index in [2.05, 4.69) is 0 Å². The van der Waals surface area contributed by atoms with E-state index in [9.17, 15) is 23.1 Å². The van der Waals surface area contributed by atoms with Gasteiger partial charge in [0, 0.05) is 0 Å². The number of hydrogen-bond acceptors (Lipinski definition) is 3. The third-order valence-corrected chi connectivity index (χ3v) is 2.83. The van der Waals surface area contributed by atoms with E-state index < -0.39 is 23.8 Å². The SMILES string of the molecule is N#Cc1ccc(N2CC(O)CC2=O)c(C(F)(F)F)c1. The van der Waals surface area contributed by atoms with Gasteiger partial charge < -0.3 is 10.0 Å². The Morgan fingerprint density at radius 2 is 2.11 bits per heavy atom. The van der Waals surface area contributed by atoms with Gasteiger partial charge in [0.1, 0.15) is 0 Å².